The van der Waals surface area contributed by atoms with E-state index in [2.05, 4.69) is 35.2 Å². The van der Waals surface area contributed by atoms with E-state index >= 15 is 0 Å². The van der Waals surface area contributed by atoms with Crippen LogP contribution in [0.15, 0.2) is 30.3 Å². The Kier molecular flexibility index (Phi) is 4.74. The highest BCUT2D eigenvalue weighted by Crippen LogP contribution is 2.27. The standard InChI is InChI=1S/C18H28N2/c19-18-8-4-7-17(18)14-20-11-9-16(10-12-20)13-15-5-2-1-3-6-15/h1-3,5-6,16-18H,4,7-14,19H2. The second-order valence-corrected chi connectivity index (χ2v) is 6.79. The normalized spacial score (nSPS) is 28.9. The van der Waals surface area contributed by atoms with Gasteiger partial charge in [0.25, 0.3) is 0 Å². The molecule has 0 amide bonds. The fourth-order valence-electron chi connectivity index (χ4n) is 3.94. The molecule has 1 aliphatic heterocycles. The van der Waals surface area contributed by atoms with Gasteiger partial charge in [0.15, 0.2) is 0 Å². The monoisotopic (exact) mass is 272 g/mol. The zero-order valence-corrected chi connectivity index (χ0v) is 12.5. The highest BCUT2D eigenvalue weighted by Gasteiger charge is 2.27. The third-order valence-electron chi connectivity index (χ3n) is 5.28. The third kappa shape index (κ3) is 3.62. The van der Waals surface area contributed by atoms with Crippen molar-refractivity contribution in [3.63, 3.8) is 0 Å². The summed E-state index contributed by atoms with van der Waals surface area (Å²) in [7, 11) is 0. The van der Waals surface area contributed by atoms with Gasteiger partial charge in [-0.1, -0.05) is 36.8 Å². The Balaban J connectivity index is 1.43. The van der Waals surface area contributed by atoms with Crippen molar-refractivity contribution < 1.29 is 0 Å². The van der Waals surface area contributed by atoms with Crippen molar-refractivity contribution in [2.45, 2.75) is 44.6 Å². The molecule has 20 heavy (non-hydrogen) atoms. The van der Waals surface area contributed by atoms with Crippen molar-refractivity contribution in [2.24, 2.45) is 17.6 Å². The summed E-state index contributed by atoms with van der Waals surface area (Å²) in [6, 6.07) is 11.4. The van der Waals surface area contributed by atoms with Crippen LogP contribution in [0.3, 0.4) is 0 Å². The quantitative estimate of drug-likeness (QED) is 0.912. The van der Waals surface area contributed by atoms with Gasteiger partial charge in [-0.3, -0.25) is 0 Å². The second kappa shape index (κ2) is 6.73. The van der Waals surface area contributed by atoms with Gasteiger partial charge in [0.05, 0.1) is 0 Å². The van der Waals surface area contributed by atoms with E-state index in [1.807, 2.05) is 0 Å². The number of nitrogens with zero attached hydrogens (tertiary/aromatic N) is 1. The molecule has 0 radical (unpaired) electrons. The van der Waals surface area contributed by atoms with Gasteiger partial charge in [0.1, 0.15) is 0 Å². The number of piperidine rings is 1. The topological polar surface area (TPSA) is 29.3 Å². The minimum atomic E-state index is 0.469. The molecule has 1 aromatic rings. The zero-order chi connectivity index (χ0) is 13.8. The molecule has 2 atom stereocenters. The van der Waals surface area contributed by atoms with E-state index in [4.69, 9.17) is 5.73 Å². The van der Waals surface area contributed by atoms with Crippen molar-refractivity contribution in [1.82, 2.24) is 4.90 Å². The maximum atomic E-state index is 6.20. The van der Waals surface area contributed by atoms with Gasteiger partial charge in [-0.2, -0.15) is 0 Å². The minimum absolute atomic E-state index is 0.469. The summed E-state index contributed by atoms with van der Waals surface area (Å²) in [5.74, 6) is 1.64. The summed E-state index contributed by atoms with van der Waals surface area (Å²) < 4.78 is 0. The molecule has 1 saturated carbocycles. The Hall–Kier alpha value is -0.860. The average molecular weight is 272 g/mol. The largest absolute Gasteiger partial charge is 0.327 e. The molecule has 1 saturated heterocycles. The summed E-state index contributed by atoms with van der Waals surface area (Å²) >= 11 is 0. The predicted octanol–water partition coefficient (Wildman–Crippen LogP) is 3.07. The first kappa shape index (κ1) is 14.1. The van der Waals surface area contributed by atoms with Crippen LogP contribution in [-0.2, 0) is 6.42 Å². The Morgan fingerprint density at radius 3 is 2.40 bits per heavy atom. The van der Waals surface area contributed by atoms with E-state index in [0.29, 0.717) is 6.04 Å². The maximum Gasteiger partial charge on any atom is 0.00793 e. The Labute approximate surface area is 123 Å². The minimum Gasteiger partial charge on any atom is -0.327 e. The lowest BCUT2D eigenvalue weighted by atomic mass is 9.89. The van der Waals surface area contributed by atoms with E-state index in [-0.39, 0.29) is 0 Å². The van der Waals surface area contributed by atoms with Crippen LogP contribution in [0.25, 0.3) is 0 Å². The molecule has 2 aliphatic rings. The first-order valence-electron chi connectivity index (χ1n) is 8.33. The van der Waals surface area contributed by atoms with E-state index in [9.17, 15) is 0 Å². The van der Waals surface area contributed by atoms with Crippen LogP contribution in [0.1, 0.15) is 37.7 Å². The summed E-state index contributed by atoms with van der Waals surface area (Å²) in [6.45, 7) is 3.81. The fourth-order valence-corrected chi connectivity index (χ4v) is 3.94. The third-order valence-corrected chi connectivity index (χ3v) is 5.28. The van der Waals surface area contributed by atoms with Crippen molar-refractivity contribution >= 4 is 0 Å². The summed E-state index contributed by atoms with van der Waals surface area (Å²) in [4.78, 5) is 2.66. The Morgan fingerprint density at radius 2 is 1.75 bits per heavy atom. The summed E-state index contributed by atoms with van der Waals surface area (Å²) in [6.07, 6.45) is 7.92. The molecule has 0 bridgehead atoms. The van der Waals surface area contributed by atoms with Crippen molar-refractivity contribution in [3.8, 4) is 0 Å². The number of benzene rings is 1. The number of nitrogens with two attached hydrogens (primary N) is 1. The lowest BCUT2D eigenvalue weighted by Gasteiger charge is -2.34. The van der Waals surface area contributed by atoms with Gasteiger partial charge < -0.3 is 10.6 Å². The van der Waals surface area contributed by atoms with Crippen molar-refractivity contribution in [2.75, 3.05) is 19.6 Å². The highest BCUT2D eigenvalue weighted by molar-refractivity contribution is 5.15. The second-order valence-electron chi connectivity index (χ2n) is 6.79. The van der Waals surface area contributed by atoms with Gasteiger partial charge in [-0.05, 0) is 62.6 Å². The van der Waals surface area contributed by atoms with Crippen molar-refractivity contribution in [1.29, 1.82) is 0 Å². The SMILES string of the molecule is NC1CCCC1CN1CCC(Cc2ccccc2)CC1. The molecule has 2 nitrogen and oxygen atoms in total. The van der Waals surface area contributed by atoms with E-state index < -0.39 is 0 Å². The van der Waals surface area contributed by atoms with Crippen LogP contribution >= 0.6 is 0 Å². The first-order chi connectivity index (χ1) is 9.81. The van der Waals surface area contributed by atoms with Crippen LogP contribution in [0.5, 0.6) is 0 Å². The molecule has 0 spiro atoms. The molecule has 2 unspecified atom stereocenters. The van der Waals surface area contributed by atoms with Gasteiger partial charge >= 0.3 is 0 Å². The molecule has 2 N–H and O–H groups in total. The predicted molar refractivity (Wildman–Crippen MR) is 84.6 cm³/mol. The molecule has 3 rings (SSSR count). The molecule has 2 heteroatoms. The van der Waals surface area contributed by atoms with Crippen LogP contribution in [0.2, 0.25) is 0 Å². The number of hydrogen-bond acceptors (Lipinski definition) is 2. The molecule has 1 aromatic carbocycles. The smallest absolute Gasteiger partial charge is 0.00793 e. The van der Waals surface area contributed by atoms with E-state index in [1.165, 1.54) is 63.7 Å². The maximum absolute atomic E-state index is 6.20. The first-order valence-corrected chi connectivity index (χ1v) is 8.33. The Bertz CT molecular complexity index is 395. The zero-order valence-electron chi connectivity index (χ0n) is 12.5. The number of likely N-dealkylation sites (tertiary alicyclic amines) is 1. The van der Waals surface area contributed by atoms with Crippen LogP contribution in [-0.4, -0.2) is 30.6 Å². The average Bonchev–Trinajstić information content (AvgIpc) is 2.88. The number of hydrogen-bond donors (Lipinski definition) is 1. The van der Waals surface area contributed by atoms with Gasteiger partial charge in [-0.25, -0.2) is 0 Å². The highest BCUT2D eigenvalue weighted by atomic mass is 15.1. The van der Waals surface area contributed by atoms with Gasteiger partial charge in [0, 0.05) is 12.6 Å². The molecule has 0 aromatic heterocycles. The number of rotatable bonds is 4. The molecular weight excluding hydrogens is 244 g/mol. The molecular formula is C18H28N2. The Morgan fingerprint density at radius 1 is 1.00 bits per heavy atom. The fraction of sp³-hybridized carbons (Fsp3) is 0.667. The van der Waals surface area contributed by atoms with E-state index in [1.54, 1.807) is 0 Å². The molecule has 110 valence electrons. The van der Waals surface area contributed by atoms with E-state index in [0.717, 1.165) is 11.8 Å². The lowest BCUT2D eigenvalue weighted by molar-refractivity contribution is 0.156. The summed E-state index contributed by atoms with van der Waals surface area (Å²) in [5.41, 5.74) is 7.70. The van der Waals surface area contributed by atoms with Crippen LogP contribution in [0, 0.1) is 11.8 Å². The van der Waals surface area contributed by atoms with Crippen molar-refractivity contribution in [3.05, 3.63) is 35.9 Å². The molecule has 1 aliphatic carbocycles. The molecule has 1 heterocycles. The van der Waals surface area contributed by atoms with Crippen LogP contribution in [0.4, 0.5) is 0 Å². The van der Waals surface area contributed by atoms with Gasteiger partial charge in [0.2, 0.25) is 0 Å². The van der Waals surface area contributed by atoms with Crippen LogP contribution < -0.4 is 5.73 Å². The lowest BCUT2D eigenvalue weighted by Crippen LogP contribution is -2.40. The molecule has 2 fully saturated rings. The van der Waals surface area contributed by atoms with Gasteiger partial charge in [-0.15, -0.1) is 0 Å². The summed E-state index contributed by atoms with van der Waals surface area (Å²) in [5, 5.41) is 0.